The molecule has 0 radical (unpaired) electrons. The van der Waals surface area contributed by atoms with E-state index in [0.717, 1.165) is 4.73 Å². The normalized spacial score (nSPS) is 10.0. The van der Waals surface area contributed by atoms with Crippen LogP contribution in [0.5, 0.6) is 0 Å². The van der Waals surface area contributed by atoms with Gasteiger partial charge in [0.2, 0.25) is 0 Å². The zero-order valence-electron chi connectivity index (χ0n) is 4.79. The van der Waals surface area contributed by atoms with E-state index in [2.05, 4.69) is 26.0 Å². The van der Waals surface area contributed by atoms with Gasteiger partial charge in [-0.15, -0.1) is 0 Å². The van der Waals surface area contributed by atoms with Gasteiger partial charge >= 0.3 is 0 Å². The monoisotopic (exact) mass is 190 g/mol. The smallest absolute Gasteiger partial charge is 0.195 e. The largest absolute Gasteiger partial charge is 0.329 e. The van der Waals surface area contributed by atoms with Crippen LogP contribution in [-0.4, -0.2) is 21.3 Å². The van der Waals surface area contributed by atoms with Crippen molar-refractivity contribution in [3.63, 3.8) is 0 Å². The Labute approximate surface area is 61.2 Å². The first-order valence-corrected chi connectivity index (χ1v) is 3.37. The fraction of sp³-hybridized carbons (Fsp3) is 0.500. The van der Waals surface area contributed by atoms with Crippen LogP contribution in [0.2, 0.25) is 0 Å². The van der Waals surface area contributed by atoms with Crippen LogP contribution in [0.1, 0.15) is 0 Å². The molecule has 2 N–H and O–H groups in total. The maximum atomic E-state index is 5.28. The maximum Gasteiger partial charge on any atom is 0.195 e. The number of aromatic nitrogens is 3. The van der Waals surface area contributed by atoms with E-state index in [-0.39, 0.29) is 0 Å². The molecule has 4 nitrogen and oxygen atoms in total. The van der Waals surface area contributed by atoms with E-state index in [1.54, 1.807) is 4.68 Å². The Bertz CT molecular complexity index is 184. The third-order valence-electron chi connectivity index (χ3n) is 0.909. The van der Waals surface area contributed by atoms with E-state index in [1.807, 2.05) is 0 Å². The number of hydrogen-bond donors (Lipinski definition) is 1. The van der Waals surface area contributed by atoms with Gasteiger partial charge in [0.1, 0.15) is 6.33 Å². The molecule has 0 unspecified atom stereocenters. The Hall–Kier alpha value is -0.420. The van der Waals surface area contributed by atoms with Crippen molar-refractivity contribution in [1.82, 2.24) is 14.8 Å². The summed E-state index contributed by atoms with van der Waals surface area (Å²) in [5.74, 6) is 0. The molecule has 0 atom stereocenters. The van der Waals surface area contributed by atoms with Crippen LogP contribution in [0.15, 0.2) is 11.1 Å². The molecule has 0 aliphatic carbocycles. The van der Waals surface area contributed by atoms with Gasteiger partial charge in [-0.1, -0.05) is 0 Å². The molecular weight excluding hydrogens is 184 g/mol. The van der Waals surface area contributed by atoms with E-state index in [1.165, 1.54) is 6.33 Å². The van der Waals surface area contributed by atoms with E-state index in [4.69, 9.17) is 5.73 Å². The molecule has 0 amide bonds. The van der Waals surface area contributed by atoms with E-state index in [9.17, 15) is 0 Å². The summed E-state index contributed by atoms with van der Waals surface area (Å²) in [6.45, 7) is 1.29. The highest BCUT2D eigenvalue weighted by Crippen LogP contribution is 2.01. The van der Waals surface area contributed by atoms with Crippen LogP contribution in [0, 0.1) is 0 Å². The van der Waals surface area contributed by atoms with Gasteiger partial charge in [-0.3, -0.25) is 0 Å². The highest BCUT2D eigenvalue weighted by atomic mass is 79.9. The summed E-state index contributed by atoms with van der Waals surface area (Å²) in [7, 11) is 0. The summed E-state index contributed by atoms with van der Waals surface area (Å²) in [4.78, 5) is 3.85. The van der Waals surface area contributed by atoms with Gasteiger partial charge in [0, 0.05) is 6.54 Å². The zero-order valence-corrected chi connectivity index (χ0v) is 6.37. The predicted molar refractivity (Wildman–Crippen MR) is 36.8 cm³/mol. The minimum absolute atomic E-state index is 0.585. The van der Waals surface area contributed by atoms with Crippen molar-refractivity contribution in [1.29, 1.82) is 0 Å². The molecule has 0 bridgehead atoms. The summed E-state index contributed by atoms with van der Waals surface area (Å²) in [6, 6.07) is 0. The molecule has 0 aliphatic rings. The van der Waals surface area contributed by atoms with E-state index >= 15 is 0 Å². The Kier molecular flexibility index (Phi) is 2.18. The zero-order chi connectivity index (χ0) is 6.69. The van der Waals surface area contributed by atoms with Gasteiger partial charge in [-0.2, -0.15) is 5.10 Å². The van der Waals surface area contributed by atoms with E-state index in [0.29, 0.717) is 13.1 Å². The van der Waals surface area contributed by atoms with Crippen molar-refractivity contribution in [2.75, 3.05) is 6.54 Å². The lowest BCUT2D eigenvalue weighted by Crippen LogP contribution is -2.10. The standard InChI is InChI=1S/C4H7BrN4/c5-4-7-3-8-9(4)2-1-6/h3H,1-2,6H2. The number of rotatable bonds is 2. The van der Waals surface area contributed by atoms with Crippen molar-refractivity contribution in [3.8, 4) is 0 Å². The van der Waals surface area contributed by atoms with Crippen molar-refractivity contribution in [2.24, 2.45) is 5.73 Å². The molecule has 1 heterocycles. The Morgan fingerprint density at radius 1 is 1.78 bits per heavy atom. The quantitative estimate of drug-likeness (QED) is 0.715. The number of hydrogen-bond acceptors (Lipinski definition) is 3. The van der Waals surface area contributed by atoms with Gasteiger partial charge in [0.25, 0.3) is 0 Å². The first kappa shape index (κ1) is 6.70. The predicted octanol–water partition coefficient (Wildman–Crippen LogP) is -0.000700. The summed E-state index contributed by atoms with van der Waals surface area (Å²) in [6.07, 6.45) is 1.49. The molecule has 9 heavy (non-hydrogen) atoms. The van der Waals surface area contributed by atoms with Crippen molar-refractivity contribution in [3.05, 3.63) is 11.1 Å². The molecule has 5 heteroatoms. The molecule has 50 valence electrons. The van der Waals surface area contributed by atoms with E-state index < -0.39 is 0 Å². The second-order valence-corrected chi connectivity index (χ2v) is 2.25. The maximum absolute atomic E-state index is 5.28. The molecule has 0 aromatic carbocycles. The average molecular weight is 191 g/mol. The number of nitrogens with zero attached hydrogens (tertiary/aromatic N) is 3. The number of nitrogens with two attached hydrogens (primary N) is 1. The van der Waals surface area contributed by atoms with Gasteiger partial charge in [-0.25, -0.2) is 9.67 Å². The first-order chi connectivity index (χ1) is 4.34. The van der Waals surface area contributed by atoms with Crippen LogP contribution in [0.4, 0.5) is 0 Å². The molecular formula is C4H7BrN4. The fourth-order valence-corrected chi connectivity index (χ4v) is 0.883. The minimum atomic E-state index is 0.585. The Balaban J connectivity index is 2.69. The average Bonchev–Trinajstić information content (AvgIpc) is 2.18. The second kappa shape index (κ2) is 2.93. The lowest BCUT2D eigenvalue weighted by molar-refractivity contribution is 0.609. The van der Waals surface area contributed by atoms with Crippen LogP contribution >= 0.6 is 15.9 Å². The number of halogens is 1. The topological polar surface area (TPSA) is 56.7 Å². The fourth-order valence-electron chi connectivity index (χ4n) is 0.522. The van der Waals surface area contributed by atoms with Crippen molar-refractivity contribution >= 4 is 15.9 Å². The SMILES string of the molecule is NCCn1ncnc1Br. The van der Waals surface area contributed by atoms with Gasteiger partial charge in [0.05, 0.1) is 6.54 Å². The molecule has 1 aromatic rings. The summed E-state index contributed by atoms with van der Waals surface area (Å²) in [5, 5.41) is 3.88. The highest BCUT2D eigenvalue weighted by molar-refractivity contribution is 9.10. The minimum Gasteiger partial charge on any atom is -0.329 e. The molecule has 1 aromatic heterocycles. The van der Waals surface area contributed by atoms with Gasteiger partial charge < -0.3 is 5.73 Å². The van der Waals surface area contributed by atoms with Crippen molar-refractivity contribution < 1.29 is 0 Å². The third-order valence-corrected chi connectivity index (χ3v) is 1.52. The second-order valence-electron chi connectivity index (χ2n) is 1.54. The molecule has 1 rings (SSSR count). The third kappa shape index (κ3) is 1.49. The van der Waals surface area contributed by atoms with Crippen LogP contribution in [0.25, 0.3) is 0 Å². The molecule has 0 spiro atoms. The van der Waals surface area contributed by atoms with Crippen LogP contribution in [0.3, 0.4) is 0 Å². The van der Waals surface area contributed by atoms with Gasteiger partial charge in [0.15, 0.2) is 4.73 Å². The molecule has 0 saturated heterocycles. The summed E-state index contributed by atoms with van der Waals surface area (Å²) in [5.41, 5.74) is 5.28. The van der Waals surface area contributed by atoms with Crippen LogP contribution < -0.4 is 5.73 Å². The highest BCUT2D eigenvalue weighted by Gasteiger charge is 1.95. The van der Waals surface area contributed by atoms with Crippen LogP contribution in [-0.2, 0) is 6.54 Å². The molecule has 0 saturated carbocycles. The van der Waals surface area contributed by atoms with Gasteiger partial charge in [-0.05, 0) is 15.9 Å². The Morgan fingerprint density at radius 2 is 2.56 bits per heavy atom. The van der Waals surface area contributed by atoms with Crippen molar-refractivity contribution in [2.45, 2.75) is 6.54 Å². The molecule has 0 aliphatic heterocycles. The summed E-state index contributed by atoms with van der Waals surface area (Å²) < 4.78 is 2.42. The molecule has 0 fully saturated rings. The lowest BCUT2D eigenvalue weighted by atomic mass is 10.7. The Morgan fingerprint density at radius 3 is 3.00 bits per heavy atom. The lowest BCUT2D eigenvalue weighted by Gasteiger charge is -1.95. The first-order valence-electron chi connectivity index (χ1n) is 2.58. The summed E-state index contributed by atoms with van der Waals surface area (Å²) >= 11 is 3.20.